The van der Waals surface area contributed by atoms with E-state index in [1.54, 1.807) is 0 Å². The van der Waals surface area contributed by atoms with E-state index in [9.17, 15) is 0 Å². The van der Waals surface area contributed by atoms with Gasteiger partial charge in [0.2, 0.25) is 0 Å². The molecular weight excluding hydrogens is 300 g/mol. The van der Waals surface area contributed by atoms with Crippen molar-refractivity contribution in [3.05, 3.63) is 66.2 Å². The molecule has 0 N–H and O–H groups in total. The maximum Gasteiger partial charge on any atom is -0.0111 e. The van der Waals surface area contributed by atoms with E-state index >= 15 is 0 Å². The van der Waals surface area contributed by atoms with Crippen molar-refractivity contribution in [3.8, 4) is 11.1 Å². The van der Waals surface area contributed by atoms with E-state index in [4.69, 9.17) is 0 Å². The smallest absolute Gasteiger partial charge is 0.0111 e. The summed E-state index contributed by atoms with van der Waals surface area (Å²) in [6.07, 6.45) is 13.2. The van der Waals surface area contributed by atoms with Gasteiger partial charge in [-0.2, -0.15) is 0 Å². The second-order valence-electron chi connectivity index (χ2n) is 7.63. The molecule has 0 amide bonds. The normalized spacial score (nSPS) is 20.4. The molecule has 132 valence electrons. The van der Waals surface area contributed by atoms with Crippen molar-refractivity contribution in [2.75, 3.05) is 0 Å². The van der Waals surface area contributed by atoms with Crippen molar-refractivity contribution >= 4 is 6.08 Å². The minimum atomic E-state index is 0.742. The van der Waals surface area contributed by atoms with E-state index in [1.165, 1.54) is 73.6 Å². The minimum absolute atomic E-state index is 0.742. The molecule has 3 rings (SSSR count). The molecule has 2 aromatic carbocycles. The van der Waals surface area contributed by atoms with Gasteiger partial charge in [0, 0.05) is 0 Å². The molecule has 2 aromatic rings. The van der Waals surface area contributed by atoms with Crippen LogP contribution >= 0.6 is 0 Å². The highest BCUT2D eigenvalue weighted by atomic mass is 14.3. The first kappa shape index (κ1) is 18.0. The third-order valence-electron chi connectivity index (χ3n) is 5.91. The first-order valence-electron chi connectivity index (χ1n) is 10.1. The summed E-state index contributed by atoms with van der Waals surface area (Å²) in [5, 5.41) is 0. The van der Waals surface area contributed by atoms with Crippen molar-refractivity contribution in [2.24, 2.45) is 5.92 Å². The van der Waals surface area contributed by atoms with Gasteiger partial charge in [0.25, 0.3) is 0 Å². The van der Waals surface area contributed by atoms with Crippen LogP contribution in [0.2, 0.25) is 0 Å². The average Bonchev–Trinajstić information content (AvgIpc) is 2.69. The Morgan fingerprint density at radius 1 is 0.960 bits per heavy atom. The van der Waals surface area contributed by atoms with Crippen LogP contribution in [0.5, 0.6) is 0 Å². The van der Waals surface area contributed by atoms with Gasteiger partial charge in [-0.25, -0.2) is 0 Å². The van der Waals surface area contributed by atoms with E-state index < -0.39 is 0 Å². The van der Waals surface area contributed by atoms with Crippen molar-refractivity contribution in [1.82, 2.24) is 0 Å². The van der Waals surface area contributed by atoms with Crippen molar-refractivity contribution < 1.29 is 0 Å². The highest BCUT2D eigenvalue weighted by Gasteiger charge is 2.22. The molecule has 0 unspecified atom stereocenters. The summed E-state index contributed by atoms with van der Waals surface area (Å²) >= 11 is 0. The number of rotatable bonds is 7. The molecule has 1 aliphatic rings. The topological polar surface area (TPSA) is 0 Å². The summed E-state index contributed by atoms with van der Waals surface area (Å²) in [7, 11) is 0. The van der Waals surface area contributed by atoms with Crippen LogP contribution in [-0.2, 0) is 0 Å². The predicted molar refractivity (Wildman–Crippen MR) is 111 cm³/mol. The standard InChI is InChI=1S/C25H32/c1-3-5-7-10-20-13-15-22(16-14-20)24-17-18-25(21(4-2)19-24)23-11-8-6-9-12-23/h4,6,8-9,11-12,17-20,22H,2-3,5,7,10,13-16H2,1H3. The third kappa shape index (κ3) is 4.63. The Labute approximate surface area is 154 Å². The third-order valence-corrected chi connectivity index (χ3v) is 5.91. The lowest BCUT2D eigenvalue weighted by molar-refractivity contribution is 0.303. The van der Waals surface area contributed by atoms with Gasteiger partial charge in [0.15, 0.2) is 0 Å². The van der Waals surface area contributed by atoms with Crippen molar-refractivity contribution in [3.63, 3.8) is 0 Å². The maximum absolute atomic E-state index is 4.06. The molecule has 0 heterocycles. The SMILES string of the molecule is C=Cc1cc(C2CCC(CCCCC)CC2)ccc1-c1ccccc1. The number of hydrogen-bond acceptors (Lipinski definition) is 0. The Bertz CT molecular complexity index is 660. The monoisotopic (exact) mass is 332 g/mol. The lowest BCUT2D eigenvalue weighted by Crippen LogP contribution is -2.13. The van der Waals surface area contributed by atoms with Crippen LogP contribution < -0.4 is 0 Å². The highest BCUT2D eigenvalue weighted by molar-refractivity contribution is 5.75. The van der Waals surface area contributed by atoms with Crippen LogP contribution in [0.15, 0.2) is 55.1 Å². The predicted octanol–water partition coefficient (Wildman–Crippen LogP) is 7.85. The fraction of sp³-hybridized carbons (Fsp3) is 0.440. The lowest BCUT2D eigenvalue weighted by Gasteiger charge is -2.29. The van der Waals surface area contributed by atoms with Crippen LogP contribution in [0.3, 0.4) is 0 Å². The van der Waals surface area contributed by atoms with Gasteiger partial charge in [-0.3, -0.25) is 0 Å². The van der Waals surface area contributed by atoms with Gasteiger partial charge in [-0.15, -0.1) is 0 Å². The Kier molecular flexibility index (Phi) is 6.50. The fourth-order valence-corrected chi connectivity index (χ4v) is 4.35. The molecule has 25 heavy (non-hydrogen) atoms. The van der Waals surface area contributed by atoms with Crippen LogP contribution in [0.1, 0.15) is 75.3 Å². The quantitative estimate of drug-likeness (QED) is 0.453. The van der Waals surface area contributed by atoms with Crippen LogP contribution in [0, 0.1) is 5.92 Å². The molecule has 0 saturated heterocycles. The number of hydrogen-bond donors (Lipinski definition) is 0. The van der Waals surface area contributed by atoms with Gasteiger partial charge >= 0.3 is 0 Å². The van der Waals surface area contributed by atoms with Crippen molar-refractivity contribution in [1.29, 1.82) is 0 Å². The molecular formula is C25H32. The Morgan fingerprint density at radius 3 is 2.40 bits per heavy atom. The van der Waals surface area contributed by atoms with Crippen LogP contribution in [0.25, 0.3) is 17.2 Å². The van der Waals surface area contributed by atoms with E-state index in [1.807, 2.05) is 6.08 Å². The first-order chi connectivity index (χ1) is 12.3. The Balaban J connectivity index is 1.67. The van der Waals surface area contributed by atoms with Crippen molar-refractivity contribution in [2.45, 2.75) is 64.2 Å². The fourth-order valence-electron chi connectivity index (χ4n) is 4.35. The van der Waals surface area contributed by atoms with Gasteiger partial charge in [-0.05, 0) is 59.8 Å². The van der Waals surface area contributed by atoms with Gasteiger partial charge in [-0.1, -0.05) is 93.8 Å². The first-order valence-corrected chi connectivity index (χ1v) is 10.1. The molecule has 0 bridgehead atoms. The van der Waals surface area contributed by atoms with E-state index in [-0.39, 0.29) is 0 Å². The second kappa shape index (κ2) is 9.04. The highest BCUT2D eigenvalue weighted by Crippen LogP contribution is 2.39. The second-order valence-corrected chi connectivity index (χ2v) is 7.63. The largest absolute Gasteiger partial charge is 0.0984 e. The molecule has 0 aromatic heterocycles. The molecule has 1 aliphatic carbocycles. The van der Waals surface area contributed by atoms with Gasteiger partial charge in [0.05, 0.1) is 0 Å². The van der Waals surface area contributed by atoms with Gasteiger partial charge < -0.3 is 0 Å². The Hall–Kier alpha value is -1.82. The Morgan fingerprint density at radius 2 is 1.72 bits per heavy atom. The van der Waals surface area contributed by atoms with Crippen LogP contribution in [-0.4, -0.2) is 0 Å². The average molecular weight is 333 g/mol. The van der Waals surface area contributed by atoms with E-state index in [0.29, 0.717) is 0 Å². The minimum Gasteiger partial charge on any atom is -0.0984 e. The summed E-state index contributed by atoms with van der Waals surface area (Å²) in [6, 6.07) is 17.7. The molecule has 0 heteroatoms. The summed E-state index contributed by atoms with van der Waals surface area (Å²) < 4.78 is 0. The van der Waals surface area contributed by atoms with E-state index in [2.05, 4.69) is 62.0 Å². The summed E-state index contributed by atoms with van der Waals surface area (Å²) in [5.41, 5.74) is 5.37. The molecule has 1 saturated carbocycles. The zero-order chi connectivity index (χ0) is 17.5. The van der Waals surface area contributed by atoms with Gasteiger partial charge in [0.1, 0.15) is 0 Å². The zero-order valence-corrected chi connectivity index (χ0v) is 15.7. The van der Waals surface area contributed by atoms with Crippen LogP contribution in [0.4, 0.5) is 0 Å². The lowest BCUT2D eigenvalue weighted by atomic mass is 9.76. The zero-order valence-electron chi connectivity index (χ0n) is 15.7. The maximum atomic E-state index is 4.06. The van der Waals surface area contributed by atoms with E-state index in [0.717, 1.165) is 11.8 Å². The number of benzene rings is 2. The molecule has 0 spiro atoms. The molecule has 0 nitrogen and oxygen atoms in total. The molecule has 0 radical (unpaired) electrons. The molecule has 1 fully saturated rings. The number of unbranched alkanes of at least 4 members (excludes halogenated alkanes) is 2. The summed E-state index contributed by atoms with van der Waals surface area (Å²) in [6.45, 7) is 6.36. The molecule has 0 atom stereocenters. The molecule has 0 aliphatic heterocycles. The summed E-state index contributed by atoms with van der Waals surface area (Å²) in [5.74, 6) is 1.72. The summed E-state index contributed by atoms with van der Waals surface area (Å²) in [4.78, 5) is 0.